The van der Waals surface area contributed by atoms with Crippen LogP contribution in [0, 0.1) is 6.92 Å². The standard InChI is InChI=1S/C41H44N2O6S2/c1-7-23-42-34-22-17-30-27-31(51(47,48)49)18-20-33(30)39(34)40(3,4)36(42)13-11-9-8-10-12-14-37-41(5,6)38-32-19-15-28(2)26-29(32)16-21-35(38)43(37)24-25-50(44,45)46/h8-22,26-27H,7,23-25H2,1-6H3,(H-,44,45,46,47,48,49). The molecule has 1 N–H and O–H groups in total. The van der Waals surface area contributed by atoms with E-state index in [0.717, 1.165) is 74.0 Å². The zero-order chi connectivity index (χ0) is 36.9. The zero-order valence-corrected chi connectivity index (χ0v) is 31.5. The first-order chi connectivity index (χ1) is 23.9. The summed E-state index contributed by atoms with van der Waals surface area (Å²) in [6.45, 7) is 13.7. The third kappa shape index (κ3) is 6.85. The normalized spacial score (nSPS) is 18.0. The first-order valence-corrected chi connectivity index (χ1v) is 20.1. The first kappa shape index (κ1) is 36.4. The van der Waals surface area contributed by atoms with E-state index in [1.807, 2.05) is 59.6 Å². The number of hydrogen-bond acceptors (Lipinski definition) is 6. The van der Waals surface area contributed by atoms with E-state index >= 15 is 0 Å². The fourth-order valence-corrected chi connectivity index (χ4v) is 8.76. The van der Waals surface area contributed by atoms with E-state index in [0.29, 0.717) is 0 Å². The Labute approximate surface area is 301 Å². The first-order valence-electron chi connectivity index (χ1n) is 17.1. The molecule has 0 fully saturated rings. The molecule has 0 aliphatic carbocycles. The van der Waals surface area contributed by atoms with Gasteiger partial charge in [-0.2, -0.15) is 13.0 Å². The highest BCUT2D eigenvalue weighted by Crippen LogP contribution is 2.51. The molecule has 0 amide bonds. The van der Waals surface area contributed by atoms with Crippen LogP contribution in [0.25, 0.3) is 21.5 Å². The van der Waals surface area contributed by atoms with Gasteiger partial charge in [0.1, 0.15) is 6.54 Å². The number of fused-ring (bicyclic) bond motifs is 6. The highest BCUT2D eigenvalue weighted by molar-refractivity contribution is 7.86. The lowest BCUT2D eigenvalue weighted by Crippen LogP contribution is -2.30. The Balaban J connectivity index is 1.28. The summed E-state index contributed by atoms with van der Waals surface area (Å²) in [7, 11) is -8.72. The van der Waals surface area contributed by atoms with Crippen molar-refractivity contribution in [3.8, 4) is 0 Å². The average Bonchev–Trinajstić information content (AvgIpc) is 3.40. The fraction of sp³-hybridized carbons (Fsp3) is 0.293. The van der Waals surface area contributed by atoms with Crippen LogP contribution in [-0.2, 0) is 31.1 Å². The highest BCUT2D eigenvalue weighted by atomic mass is 32.2. The summed E-state index contributed by atoms with van der Waals surface area (Å²) in [5.41, 5.74) is 6.62. The number of rotatable bonds is 10. The van der Waals surface area contributed by atoms with Gasteiger partial charge in [0, 0.05) is 47.5 Å². The zero-order valence-electron chi connectivity index (χ0n) is 29.8. The third-order valence-electron chi connectivity index (χ3n) is 10.1. The maximum atomic E-state index is 11.8. The average molecular weight is 725 g/mol. The van der Waals surface area contributed by atoms with Crippen LogP contribution >= 0.6 is 0 Å². The molecule has 10 heteroatoms. The molecule has 6 rings (SSSR count). The fourth-order valence-electron chi connectivity index (χ4n) is 7.84. The molecule has 0 bridgehead atoms. The molecular weight excluding hydrogens is 681 g/mol. The largest absolute Gasteiger partial charge is 0.748 e. The molecule has 0 radical (unpaired) electrons. The van der Waals surface area contributed by atoms with Crippen LogP contribution in [0.3, 0.4) is 0 Å². The second-order valence-corrected chi connectivity index (χ2v) is 17.3. The van der Waals surface area contributed by atoms with E-state index in [2.05, 4.69) is 76.5 Å². The molecule has 51 heavy (non-hydrogen) atoms. The maximum Gasteiger partial charge on any atom is 0.294 e. The van der Waals surface area contributed by atoms with Gasteiger partial charge in [-0.3, -0.25) is 4.55 Å². The summed E-state index contributed by atoms with van der Waals surface area (Å²) in [4.78, 5) is 1.84. The summed E-state index contributed by atoms with van der Waals surface area (Å²) in [5, 5.41) is 3.93. The number of nitrogens with zero attached hydrogens (tertiary/aromatic N) is 2. The lowest BCUT2D eigenvalue weighted by Gasteiger charge is -2.27. The predicted octanol–water partition coefficient (Wildman–Crippen LogP) is 8.23. The Morgan fingerprint density at radius 2 is 1.45 bits per heavy atom. The molecule has 0 saturated carbocycles. The Bertz CT molecular complexity index is 2450. The second-order valence-electron chi connectivity index (χ2n) is 14.4. The Kier molecular flexibility index (Phi) is 9.52. The summed E-state index contributed by atoms with van der Waals surface area (Å²) in [6.07, 6.45) is 14.8. The summed E-state index contributed by atoms with van der Waals surface area (Å²) in [6, 6.07) is 19.1. The van der Waals surface area contributed by atoms with Crippen molar-refractivity contribution in [1.82, 2.24) is 0 Å². The maximum absolute atomic E-state index is 11.8. The van der Waals surface area contributed by atoms with Gasteiger partial charge in [0.2, 0.25) is 5.69 Å². The minimum Gasteiger partial charge on any atom is -0.748 e. The molecule has 0 atom stereocenters. The number of aryl methyl sites for hydroxylation is 1. The van der Waals surface area contributed by atoms with Gasteiger partial charge in [-0.05, 0) is 78.2 Å². The number of benzene rings is 4. The lowest BCUT2D eigenvalue weighted by atomic mass is 9.79. The van der Waals surface area contributed by atoms with E-state index in [9.17, 15) is 25.9 Å². The van der Waals surface area contributed by atoms with Gasteiger partial charge in [0.05, 0.1) is 26.2 Å². The van der Waals surface area contributed by atoms with Crippen molar-refractivity contribution in [2.75, 3.05) is 23.7 Å². The van der Waals surface area contributed by atoms with Gasteiger partial charge in [-0.25, -0.2) is 8.42 Å². The molecule has 266 valence electrons. The Hall–Kier alpha value is -4.35. The van der Waals surface area contributed by atoms with Gasteiger partial charge < -0.3 is 9.45 Å². The monoisotopic (exact) mass is 724 g/mol. The van der Waals surface area contributed by atoms with Gasteiger partial charge >= 0.3 is 0 Å². The molecule has 4 aromatic rings. The summed E-state index contributed by atoms with van der Waals surface area (Å²) in [5.74, 6) is -0.490. The SMILES string of the molecule is CCC[N+]1=C(/C=C/C=C/C=C/C=C2\N(CCS(=O)(=O)[O-])c3ccc4cc(C)ccc4c3C2(C)C)C(C)(C)c2c1ccc1cc(S(=O)(=O)O)ccc21. The molecule has 0 saturated heterocycles. The topological polar surface area (TPSA) is 118 Å². The van der Waals surface area contributed by atoms with Crippen LogP contribution in [0.1, 0.15) is 57.7 Å². The van der Waals surface area contributed by atoms with Crippen LogP contribution in [0.4, 0.5) is 11.4 Å². The van der Waals surface area contributed by atoms with Crippen LogP contribution in [-0.4, -0.2) is 55.1 Å². The number of hydrogen-bond donors (Lipinski definition) is 1. The van der Waals surface area contributed by atoms with Gasteiger partial charge in [-0.15, -0.1) is 0 Å². The van der Waals surface area contributed by atoms with E-state index in [4.69, 9.17) is 0 Å². The third-order valence-corrected chi connectivity index (χ3v) is 11.6. The van der Waals surface area contributed by atoms with Crippen LogP contribution in [0.5, 0.6) is 0 Å². The van der Waals surface area contributed by atoms with Crippen molar-refractivity contribution in [3.63, 3.8) is 0 Å². The van der Waals surface area contributed by atoms with E-state index in [1.54, 1.807) is 6.07 Å². The molecule has 0 unspecified atom stereocenters. The quantitative estimate of drug-likeness (QED) is 0.0995. The summed E-state index contributed by atoms with van der Waals surface area (Å²) < 4.78 is 70.5. The minimum atomic E-state index is -4.41. The number of allylic oxidation sites excluding steroid dienone is 8. The van der Waals surface area contributed by atoms with Gasteiger partial charge in [-0.1, -0.05) is 87.0 Å². The van der Waals surface area contributed by atoms with Crippen molar-refractivity contribution >= 4 is 58.9 Å². The van der Waals surface area contributed by atoms with Crippen LogP contribution in [0.15, 0.2) is 114 Å². The summed E-state index contributed by atoms with van der Waals surface area (Å²) >= 11 is 0. The van der Waals surface area contributed by atoms with Crippen molar-refractivity contribution in [3.05, 3.63) is 126 Å². The highest BCUT2D eigenvalue weighted by Gasteiger charge is 2.45. The van der Waals surface area contributed by atoms with Gasteiger partial charge in [0.15, 0.2) is 5.71 Å². The second kappa shape index (κ2) is 13.3. The molecule has 4 aromatic carbocycles. The van der Waals surface area contributed by atoms with Gasteiger partial charge in [0.25, 0.3) is 10.1 Å². The Morgan fingerprint density at radius 1 is 0.804 bits per heavy atom. The molecular formula is C41H44N2O6S2. The Morgan fingerprint density at radius 3 is 2.16 bits per heavy atom. The molecule has 2 aliphatic heterocycles. The smallest absolute Gasteiger partial charge is 0.294 e. The van der Waals surface area contributed by atoms with E-state index in [-0.39, 0.29) is 16.9 Å². The molecule has 0 spiro atoms. The molecule has 2 heterocycles. The van der Waals surface area contributed by atoms with Crippen molar-refractivity contribution in [1.29, 1.82) is 0 Å². The van der Waals surface area contributed by atoms with Crippen molar-refractivity contribution in [2.45, 2.75) is 63.7 Å². The lowest BCUT2D eigenvalue weighted by molar-refractivity contribution is -0.437. The molecule has 8 nitrogen and oxygen atoms in total. The minimum absolute atomic E-state index is 0.0694. The molecule has 2 aliphatic rings. The number of anilines is 1. The van der Waals surface area contributed by atoms with Crippen molar-refractivity contribution < 1.29 is 30.5 Å². The van der Waals surface area contributed by atoms with Crippen molar-refractivity contribution in [2.24, 2.45) is 0 Å². The van der Waals surface area contributed by atoms with Crippen LogP contribution < -0.4 is 4.90 Å². The van der Waals surface area contributed by atoms with Crippen LogP contribution in [0.2, 0.25) is 0 Å². The molecule has 0 aromatic heterocycles. The predicted molar refractivity (Wildman–Crippen MR) is 206 cm³/mol. The van der Waals surface area contributed by atoms with E-state index in [1.165, 1.54) is 12.1 Å². The van der Waals surface area contributed by atoms with E-state index < -0.39 is 31.4 Å².